The van der Waals surface area contributed by atoms with Crippen molar-refractivity contribution in [2.45, 2.75) is 32.7 Å². The van der Waals surface area contributed by atoms with Gasteiger partial charge in [0.05, 0.1) is 0 Å². The van der Waals surface area contributed by atoms with Crippen molar-refractivity contribution >= 4 is 39.9 Å². The van der Waals surface area contributed by atoms with Gasteiger partial charge in [0.2, 0.25) is 0 Å². The summed E-state index contributed by atoms with van der Waals surface area (Å²) in [7, 11) is 0. The standard InChI is InChI=1S/C12H17BrClN.ClH/c1-8(2)3-6-12(15)10-5-4-9(13)7-11(10)14;/h4-5,7-8,12H,3,6,15H2,1-2H3;1H/t12-;/m0./s1. The van der Waals surface area contributed by atoms with Gasteiger partial charge in [-0.05, 0) is 36.5 Å². The van der Waals surface area contributed by atoms with Crippen LogP contribution in [0.3, 0.4) is 0 Å². The van der Waals surface area contributed by atoms with Gasteiger partial charge in [0.1, 0.15) is 0 Å². The van der Waals surface area contributed by atoms with Crippen molar-refractivity contribution in [3.63, 3.8) is 0 Å². The molecule has 1 nitrogen and oxygen atoms in total. The van der Waals surface area contributed by atoms with Crippen LogP contribution in [0.4, 0.5) is 0 Å². The van der Waals surface area contributed by atoms with E-state index in [4.69, 9.17) is 17.3 Å². The summed E-state index contributed by atoms with van der Waals surface area (Å²) in [5.41, 5.74) is 7.14. The highest BCUT2D eigenvalue weighted by Crippen LogP contribution is 2.28. The minimum Gasteiger partial charge on any atom is -0.324 e. The molecular formula is C12H18BrCl2N. The minimum atomic E-state index is 0. The quantitative estimate of drug-likeness (QED) is 0.831. The van der Waals surface area contributed by atoms with Crippen LogP contribution in [0.1, 0.15) is 38.3 Å². The third-order valence-electron chi connectivity index (χ3n) is 2.42. The minimum absolute atomic E-state index is 0. The summed E-state index contributed by atoms with van der Waals surface area (Å²) in [6, 6.07) is 5.92. The van der Waals surface area contributed by atoms with Crippen LogP contribution in [0.5, 0.6) is 0 Å². The molecule has 1 aromatic carbocycles. The van der Waals surface area contributed by atoms with E-state index in [0.717, 1.165) is 27.9 Å². The zero-order valence-electron chi connectivity index (χ0n) is 9.54. The normalized spacial score (nSPS) is 12.4. The molecule has 0 aliphatic carbocycles. The first kappa shape index (κ1) is 16.2. The second kappa shape index (κ2) is 7.54. The summed E-state index contributed by atoms with van der Waals surface area (Å²) in [4.78, 5) is 0. The van der Waals surface area contributed by atoms with Crippen molar-refractivity contribution < 1.29 is 0 Å². The van der Waals surface area contributed by atoms with Gasteiger partial charge in [-0.2, -0.15) is 0 Å². The fourth-order valence-electron chi connectivity index (χ4n) is 1.47. The predicted molar refractivity (Wildman–Crippen MR) is 77.4 cm³/mol. The molecule has 1 rings (SSSR count). The van der Waals surface area contributed by atoms with Gasteiger partial charge in [-0.3, -0.25) is 0 Å². The van der Waals surface area contributed by atoms with Crippen molar-refractivity contribution in [3.05, 3.63) is 33.3 Å². The van der Waals surface area contributed by atoms with Gasteiger partial charge in [0.15, 0.2) is 0 Å². The van der Waals surface area contributed by atoms with E-state index in [1.54, 1.807) is 0 Å². The molecule has 0 aliphatic heterocycles. The van der Waals surface area contributed by atoms with E-state index in [-0.39, 0.29) is 18.4 Å². The molecule has 0 amide bonds. The average molecular weight is 327 g/mol. The Hall–Kier alpha value is 0.240. The fourth-order valence-corrected chi connectivity index (χ4v) is 2.28. The molecule has 0 heterocycles. The van der Waals surface area contributed by atoms with E-state index in [1.807, 2.05) is 18.2 Å². The van der Waals surface area contributed by atoms with Crippen molar-refractivity contribution in [2.75, 3.05) is 0 Å². The maximum Gasteiger partial charge on any atom is 0.0464 e. The third-order valence-corrected chi connectivity index (χ3v) is 3.24. The Morgan fingerprint density at radius 1 is 1.31 bits per heavy atom. The predicted octanol–water partition coefficient (Wildman–Crippen LogP) is 4.96. The van der Waals surface area contributed by atoms with E-state index >= 15 is 0 Å². The SMILES string of the molecule is CC(C)CC[C@H](N)c1ccc(Br)cc1Cl.Cl. The van der Waals surface area contributed by atoms with E-state index in [0.29, 0.717) is 5.92 Å². The maximum absolute atomic E-state index is 6.13. The van der Waals surface area contributed by atoms with Crippen molar-refractivity contribution in [2.24, 2.45) is 11.7 Å². The van der Waals surface area contributed by atoms with E-state index < -0.39 is 0 Å². The monoisotopic (exact) mass is 325 g/mol. The van der Waals surface area contributed by atoms with Crippen LogP contribution in [0.2, 0.25) is 5.02 Å². The molecule has 0 fully saturated rings. The Kier molecular flexibility index (Phi) is 7.66. The van der Waals surface area contributed by atoms with Gasteiger partial charge < -0.3 is 5.73 Å². The van der Waals surface area contributed by atoms with Crippen LogP contribution in [0.15, 0.2) is 22.7 Å². The van der Waals surface area contributed by atoms with Gasteiger partial charge in [0.25, 0.3) is 0 Å². The first-order valence-corrected chi connectivity index (χ1v) is 6.38. The maximum atomic E-state index is 6.13. The summed E-state index contributed by atoms with van der Waals surface area (Å²) in [6.45, 7) is 4.41. The topological polar surface area (TPSA) is 26.0 Å². The largest absolute Gasteiger partial charge is 0.324 e. The van der Waals surface area contributed by atoms with Crippen molar-refractivity contribution in [1.82, 2.24) is 0 Å². The lowest BCUT2D eigenvalue weighted by molar-refractivity contribution is 0.507. The molecule has 4 heteroatoms. The molecule has 0 bridgehead atoms. The molecule has 1 aromatic rings. The molecule has 0 radical (unpaired) electrons. The lowest BCUT2D eigenvalue weighted by Crippen LogP contribution is -2.11. The Morgan fingerprint density at radius 2 is 1.94 bits per heavy atom. The number of halogens is 3. The molecule has 0 spiro atoms. The fraction of sp³-hybridized carbons (Fsp3) is 0.500. The second-order valence-electron chi connectivity index (χ2n) is 4.24. The van der Waals surface area contributed by atoms with Crippen LogP contribution < -0.4 is 5.73 Å². The molecule has 1 atom stereocenters. The van der Waals surface area contributed by atoms with Gasteiger partial charge in [-0.25, -0.2) is 0 Å². The number of nitrogens with two attached hydrogens (primary N) is 1. The lowest BCUT2D eigenvalue weighted by Gasteiger charge is -2.15. The van der Waals surface area contributed by atoms with Gasteiger partial charge in [-0.1, -0.05) is 47.4 Å². The van der Waals surface area contributed by atoms with Crippen LogP contribution in [-0.4, -0.2) is 0 Å². The Morgan fingerprint density at radius 3 is 2.44 bits per heavy atom. The molecule has 0 aliphatic rings. The van der Waals surface area contributed by atoms with Crippen LogP contribution in [0.25, 0.3) is 0 Å². The second-order valence-corrected chi connectivity index (χ2v) is 5.57. The number of hydrogen-bond donors (Lipinski definition) is 1. The van der Waals surface area contributed by atoms with Crippen LogP contribution in [0, 0.1) is 5.92 Å². The zero-order chi connectivity index (χ0) is 11.4. The molecule has 0 unspecified atom stereocenters. The summed E-state index contributed by atoms with van der Waals surface area (Å²) in [6.07, 6.45) is 2.12. The van der Waals surface area contributed by atoms with Gasteiger partial charge >= 0.3 is 0 Å². The first-order chi connectivity index (χ1) is 7.00. The Balaban J connectivity index is 0.00000225. The highest BCUT2D eigenvalue weighted by atomic mass is 79.9. The number of hydrogen-bond acceptors (Lipinski definition) is 1. The van der Waals surface area contributed by atoms with E-state index in [2.05, 4.69) is 29.8 Å². The van der Waals surface area contributed by atoms with Crippen molar-refractivity contribution in [3.8, 4) is 0 Å². The lowest BCUT2D eigenvalue weighted by atomic mass is 9.98. The van der Waals surface area contributed by atoms with Crippen LogP contribution in [-0.2, 0) is 0 Å². The Bertz CT molecular complexity index is 329. The van der Waals surface area contributed by atoms with E-state index in [9.17, 15) is 0 Å². The summed E-state index contributed by atoms with van der Waals surface area (Å²) in [5, 5.41) is 0.751. The van der Waals surface area contributed by atoms with Crippen LogP contribution >= 0.6 is 39.9 Å². The molecule has 92 valence electrons. The molecule has 16 heavy (non-hydrogen) atoms. The third kappa shape index (κ3) is 5.05. The summed E-state index contributed by atoms with van der Waals surface area (Å²) < 4.78 is 0.993. The Labute approximate surface area is 117 Å². The first-order valence-electron chi connectivity index (χ1n) is 5.21. The molecule has 0 saturated heterocycles. The van der Waals surface area contributed by atoms with E-state index in [1.165, 1.54) is 0 Å². The highest BCUT2D eigenvalue weighted by molar-refractivity contribution is 9.10. The van der Waals surface area contributed by atoms with Crippen molar-refractivity contribution in [1.29, 1.82) is 0 Å². The molecule has 0 aromatic heterocycles. The highest BCUT2D eigenvalue weighted by Gasteiger charge is 2.10. The molecular weight excluding hydrogens is 309 g/mol. The summed E-state index contributed by atoms with van der Waals surface area (Å²) >= 11 is 9.51. The average Bonchev–Trinajstić information content (AvgIpc) is 2.14. The molecule has 0 saturated carbocycles. The van der Waals surface area contributed by atoms with Gasteiger partial charge in [-0.15, -0.1) is 12.4 Å². The smallest absolute Gasteiger partial charge is 0.0464 e. The number of benzene rings is 1. The molecule has 2 N–H and O–H groups in total. The number of rotatable bonds is 4. The zero-order valence-corrected chi connectivity index (χ0v) is 12.7. The summed E-state index contributed by atoms with van der Waals surface area (Å²) in [5.74, 6) is 0.685. The van der Waals surface area contributed by atoms with Gasteiger partial charge in [0, 0.05) is 15.5 Å².